The minimum absolute atomic E-state index is 0.0972. The Balaban J connectivity index is 1.83. The first-order valence-electron chi connectivity index (χ1n) is 9.07. The molecule has 10 nitrogen and oxygen atoms in total. The van der Waals surface area contributed by atoms with E-state index in [0.717, 1.165) is 0 Å². The van der Waals surface area contributed by atoms with Gasteiger partial charge in [0.1, 0.15) is 18.9 Å². The van der Waals surface area contributed by atoms with E-state index in [2.05, 4.69) is 15.3 Å². The quantitative estimate of drug-likeness (QED) is 0.358. The molecule has 154 valence electrons. The number of fused-ring (bicyclic) bond motifs is 2. The molecular weight excluding hydrogens is 392 g/mol. The van der Waals surface area contributed by atoms with E-state index in [4.69, 9.17) is 14.2 Å². The molecule has 1 amide bonds. The molecule has 1 N–H and O–H groups in total. The number of rotatable bonds is 7. The molecule has 0 saturated heterocycles. The molecule has 1 aliphatic rings. The predicted octanol–water partition coefficient (Wildman–Crippen LogP) is 2.66. The van der Waals surface area contributed by atoms with Gasteiger partial charge in [-0.2, -0.15) is 0 Å². The van der Waals surface area contributed by atoms with Gasteiger partial charge < -0.3 is 19.5 Å². The van der Waals surface area contributed by atoms with Crippen molar-refractivity contribution in [1.82, 2.24) is 9.97 Å². The maximum Gasteiger partial charge on any atom is 0.269 e. The van der Waals surface area contributed by atoms with Crippen molar-refractivity contribution >= 4 is 28.2 Å². The van der Waals surface area contributed by atoms with Crippen LogP contribution in [0.5, 0.6) is 11.5 Å². The normalized spacial score (nSPS) is 15.0. The summed E-state index contributed by atoms with van der Waals surface area (Å²) in [5.41, 5.74) is 1.90. The van der Waals surface area contributed by atoms with Crippen LogP contribution in [0.15, 0.2) is 36.7 Å². The van der Waals surface area contributed by atoms with Crippen molar-refractivity contribution in [2.45, 2.75) is 5.92 Å². The van der Waals surface area contributed by atoms with Crippen molar-refractivity contribution in [3.05, 3.63) is 58.0 Å². The molecule has 0 spiro atoms. The standard InChI is InChI=1S/C20H18N4O6/c1-28-5-6-30-17-9-15-13(8-16(17)29-2)19(22-10-21-15)18-12-7-11(24(26)27)3-4-14(12)23-20(18)25/h3-4,7-10,18H,5-6H2,1-2H3,(H,23,25). The van der Waals surface area contributed by atoms with Crippen LogP contribution in [0.3, 0.4) is 0 Å². The van der Waals surface area contributed by atoms with E-state index in [-0.39, 0.29) is 11.6 Å². The Kier molecular flexibility index (Phi) is 5.15. The fourth-order valence-corrected chi connectivity index (χ4v) is 3.46. The lowest BCUT2D eigenvalue weighted by atomic mass is 9.93. The molecule has 2 aromatic carbocycles. The number of methoxy groups -OCH3 is 2. The van der Waals surface area contributed by atoms with Crippen molar-refractivity contribution in [2.24, 2.45) is 0 Å². The molecule has 1 aliphatic heterocycles. The van der Waals surface area contributed by atoms with E-state index in [0.29, 0.717) is 52.6 Å². The SMILES string of the molecule is COCCOc1cc2ncnc(C3C(=O)Nc4ccc([N+](=O)[O-])cc43)c2cc1OC. The van der Waals surface area contributed by atoms with Crippen molar-refractivity contribution in [2.75, 3.05) is 32.8 Å². The molecule has 1 atom stereocenters. The van der Waals surface area contributed by atoms with E-state index < -0.39 is 10.8 Å². The zero-order valence-electron chi connectivity index (χ0n) is 16.2. The van der Waals surface area contributed by atoms with Crippen LogP contribution in [-0.2, 0) is 9.53 Å². The molecule has 1 unspecified atom stereocenters. The summed E-state index contributed by atoms with van der Waals surface area (Å²) in [7, 11) is 3.09. The first-order valence-corrected chi connectivity index (χ1v) is 9.07. The monoisotopic (exact) mass is 410 g/mol. The van der Waals surface area contributed by atoms with Gasteiger partial charge in [0.25, 0.3) is 5.69 Å². The zero-order chi connectivity index (χ0) is 21.3. The summed E-state index contributed by atoms with van der Waals surface area (Å²) in [6.45, 7) is 0.742. The highest BCUT2D eigenvalue weighted by Crippen LogP contribution is 2.42. The highest BCUT2D eigenvalue weighted by atomic mass is 16.6. The van der Waals surface area contributed by atoms with Crippen LogP contribution in [0.2, 0.25) is 0 Å². The lowest BCUT2D eigenvalue weighted by Crippen LogP contribution is -2.15. The van der Waals surface area contributed by atoms with Gasteiger partial charge in [0.2, 0.25) is 5.91 Å². The van der Waals surface area contributed by atoms with E-state index in [1.165, 1.54) is 31.6 Å². The van der Waals surface area contributed by atoms with Crippen molar-refractivity contribution in [3.63, 3.8) is 0 Å². The molecule has 0 saturated carbocycles. The number of nitro groups is 1. The average molecular weight is 410 g/mol. The molecular formula is C20H18N4O6. The molecule has 3 aromatic rings. The van der Waals surface area contributed by atoms with Gasteiger partial charge in [0.05, 0.1) is 29.9 Å². The Bertz CT molecular complexity index is 1150. The average Bonchev–Trinajstić information content (AvgIpc) is 3.07. The van der Waals surface area contributed by atoms with E-state index in [9.17, 15) is 14.9 Å². The minimum Gasteiger partial charge on any atom is -0.493 e. The van der Waals surface area contributed by atoms with Gasteiger partial charge in [-0.25, -0.2) is 9.97 Å². The van der Waals surface area contributed by atoms with Crippen LogP contribution in [0.25, 0.3) is 10.9 Å². The fourth-order valence-electron chi connectivity index (χ4n) is 3.46. The first kappa shape index (κ1) is 19.5. The van der Waals surface area contributed by atoms with E-state index >= 15 is 0 Å². The van der Waals surface area contributed by atoms with Crippen LogP contribution in [0.1, 0.15) is 17.2 Å². The van der Waals surface area contributed by atoms with Crippen molar-refractivity contribution in [3.8, 4) is 11.5 Å². The van der Waals surface area contributed by atoms with E-state index in [1.54, 1.807) is 19.2 Å². The Hall–Kier alpha value is -3.79. The highest BCUT2D eigenvalue weighted by molar-refractivity contribution is 6.07. The third-order valence-corrected chi connectivity index (χ3v) is 4.85. The van der Waals surface area contributed by atoms with Crippen molar-refractivity contribution in [1.29, 1.82) is 0 Å². The van der Waals surface area contributed by atoms with Crippen molar-refractivity contribution < 1.29 is 23.9 Å². The zero-order valence-corrected chi connectivity index (χ0v) is 16.2. The first-order chi connectivity index (χ1) is 14.5. The van der Waals surface area contributed by atoms with Crippen LogP contribution >= 0.6 is 0 Å². The molecule has 0 fully saturated rings. The summed E-state index contributed by atoms with van der Waals surface area (Å²) in [6, 6.07) is 7.68. The third-order valence-electron chi connectivity index (χ3n) is 4.85. The lowest BCUT2D eigenvalue weighted by Gasteiger charge is -2.15. The Morgan fingerprint density at radius 2 is 1.97 bits per heavy atom. The highest BCUT2D eigenvalue weighted by Gasteiger charge is 2.35. The molecule has 0 radical (unpaired) electrons. The number of nitrogens with zero attached hydrogens (tertiary/aromatic N) is 3. The van der Waals surface area contributed by atoms with Gasteiger partial charge in [0, 0.05) is 41.9 Å². The topological polar surface area (TPSA) is 126 Å². The van der Waals surface area contributed by atoms with Crippen LogP contribution < -0.4 is 14.8 Å². The molecule has 30 heavy (non-hydrogen) atoms. The number of benzene rings is 2. The molecule has 4 rings (SSSR count). The van der Waals surface area contributed by atoms with Gasteiger partial charge in [-0.05, 0) is 12.1 Å². The van der Waals surface area contributed by atoms with Crippen LogP contribution in [-0.4, -0.2) is 48.2 Å². The summed E-state index contributed by atoms with van der Waals surface area (Å²) in [6.07, 6.45) is 1.35. The van der Waals surface area contributed by atoms with Gasteiger partial charge in [-0.3, -0.25) is 14.9 Å². The molecule has 10 heteroatoms. The Morgan fingerprint density at radius 1 is 1.13 bits per heavy atom. The summed E-state index contributed by atoms with van der Waals surface area (Å²) in [5.74, 6) is -0.189. The number of carbonyl (C=O) groups excluding carboxylic acids is 1. The van der Waals surface area contributed by atoms with Crippen LogP contribution in [0, 0.1) is 10.1 Å². The largest absolute Gasteiger partial charge is 0.493 e. The van der Waals surface area contributed by atoms with E-state index in [1.807, 2.05) is 0 Å². The second-order valence-electron chi connectivity index (χ2n) is 6.57. The summed E-state index contributed by atoms with van der Waals surface area (Å²) < 4.78 is 16.1. The lowest BCUT2D eigenvalue weighted by molar-refractivity contribution is -0.384. The fraction of sp³-hybridized carbons (Fsp3) is 0.250. The summed E-state index contributed by atoms with van der Waals surface area (Å²) >= 11 is 0. The van der Waals surface area contributed by atoms with Gasteiger partial charge in [-0.1, -0.05) is 0 Å². The van der Waals surface area contributed by atoms with Gasteiger partial charge in [0.15, 0.2) is 11.5 Å². The summed E-state index contributed by atoms with van der Waals surface area (Å²) in [5, 5.41) is 14.6. The number of non-ortho nitro benzene ring substituents is 1. The molecule has 2 heterocycles. The number of aromatic nitrogens is 2. The maximum atomic E-state index is 12.7. The number of hydrogen-bond acceptors (Lipinski definition) is 8. The minimum atomic E-state index is -0.810. The second kappa shape index (κ2) is 7.91. The third kappa shape index (κ3) is 3.37. The number of anilines is 1. The molecule has 1 aromatic heterocycles. The number of ether oxygens (including phenoxy) is 3. The second-order valence-corrected chi connectivity index (χ2v) is 6.57. The van der Waals surface area contributed by atoms with Crippen LogP contribution in [0.4, 0.5) is 11.4 Å². The Morgan fingerprint density at radius 3 is 2.70 bits per heavy atom. The maximum absolute atomic E-state index is 12.7. The number of nitro benzene ring substituents is 1. The number of hydrogen-bond donors (Lipinski definition) is 1. The van der Waals surface area contributed by atoms with Gasteiger partial charge in [-0.15, -0.1) is 0 Å². The Labute approximate surface area is 170 Å². The number of nitrogens with one attached hydrogen (secondary N) is 1. The summed E-state index contributed by atoms with van der Waals surface area (Å²) in [4.78, 5) is 32.1. The number of carbonyl (C=O) groups is 1. The van der Waals surface area contributed by atoms with Gasteiger partial charge >= 0.3 is 0 Å². The number of amides is 1. The predicted molar refractivity (Wildman–Crippen MR) is 107 cm³/mol. The smallest absolute Gasteiger partial charge is 0.269 e. The molecule has 0 bridgehead atoms. The molecule has 0 aliphatic carbocycles.